The van der Waals surface area contributed by atoms with Crippen molar-refractivity contribution in [3.63, 3.8) is 0 Å². The van der Waals surface area contributed by atoms with Crippen LogP contribution >= 0.6 is 31.9 Å². The zero-order chi connectivity index (χ0) is 14.7. The fraction of sp³-hybridized carbons (Fsp3) is 0.538. The van der Waals surface area contributed by atoms with Crippen molar-refractivity contribution in [2.24, 2.45) is 0 Å². The molecule has 0 unspecified atom stereocenters. The van der Waals surface area contributed by atoms with Crippen LogP contribution in [0.25, 0.3) is 0 Å². The molecule has 3 nitrogen and oxygen atoms in total. The minimum atomic E-state index is -3.14. The van der Waals surface area contributed by atoms with E-state index in [0.29, 0.717) is 11.1 Å². The van der Waals surface area contributed by atoms with E-state index in [2.05, 4.69) is 31.9 Å². The van der Waals surface area contributed by atoms with Crippen molar-refractivity contribution in [2.75, 3.05) is 12.4 Å². The summed E-state index contributed by atoms with van der Waals surface area (Å²) >= 11 is 6.82. The summed E-state index contributed by atoms with van der Waals surface area (Å²) in [5.41, 5.74) is 1.07. The number of sulfone groups is 1. The lowest BCUT2D eigenvalue weighted by Gasteiger charge is -2.19. The van der Waals surface area contributed by atoms with E-state index in [1.807, 2.05) is 18.2 Å². The number of rotatable bonds is 5. The van der Waals surface area contributed by atoms with Crippen LogP contribution in [-0.4, -0.2) is 25.5 Å². The van der Waals surface area contributed by atoms with E-state index in [9.17, 15) is 8.42 Å². The van der Waals surface area contributed by atoms with Gasteiger partial charge in [-0.3, -0.25) is 0 Å². The molecule has 0 aliphatic heterocycles. The van der Waals surface area contributed by atoms with Crippen LogP contribution in [0, 0.1) is 0 Å². The smallest absolute Gasteiger partial charge is 0.158 e. The number of alkyl halides is 1. The van der Waals surface area contributed by atoms with Crippen LogP contribution in [0.1, 0.15) is 26.3 Å². The van der Waals surface area contributed by atoms with E-state index in [1.165, 1.54) is 0 Å². The summed E-state index contributed by atoms with van der Waals surface area (Å²) in [5, 5.41) is 0.713. The Morgan fingerprint density at radius 2 is 1.89 bits per heavy atom. The lowest BCUT2D eigenvalue weighted by Crippen LogP contribution is -2.32. The van der Waals surface area contributed by atoms with Gasteiger partial charge in [0.1, 0.15) is 12.4 Å². The Labute approximate surface area is 131 Å². The molecule has 108 valence electrons. The standard InChI is InChI=1S/C13H18Br2O3S/c1-13(2,3)19(16,17)7-6-18-11-4-5-12(15)10(8-11)9-14/h4-5,8H,6-7,9H2,1-3H3. The molecule has 1 aromatic carbocycles. The Bertz CT molecular complexity index is 533. The van der Waals surface area contributed by atoms with Gasteiger partial charge in [0.25, 0.3) is 0 Å². The SMILES string of the molecule is CC(C)(C)S(=O)(=O)CCOc1ccc(Br)c(CBr)c1. The van der Waals surface area contributed by atoms with Crippen molar-refractivity contribution in [2.45, 2.75) is 30.8 Å². The Morgan fingerprint density at radius 3 is 2.42 bits per heavy atom. The predicted molar refractivity (Wildman–Crippen MR) is 85.8 cm³/mol. The molecular formula is C13H18Br2O3S. The summed E-state index contributed by atoms with van der Waals surface area (Å²) in [6.07, 6.45) is 0. The van der Waals surface area contributed by atoms with Crippen molar-refractivity contribution in [3.8, 4) is 5.75 Å². The Morgan fingerprint density at radius 1 is 1.26 bits per heavy atom. The van der Waals surface area contributed by atoms with Crippen LogP contribution in [0.2, 0.25) is 0 Å². The van der Waals surface area contributed by atoms with Crippen LogP contribution < -0.4 is 4.74 Å². The monoisotopic (exact) mass is 412 g/mol. The normalized spacial score (nSPS) is 12.5. The molecule has 0 aliphatic rings. The van der Waals surface area contributed by atoms with Crippen LogP contribution in [0.15, 0.2) is 22.7 Å². The fourth-order valence-electron chi connectivity index (χ4n) is 1.32. The second-order valence-corrected chi connectivity index (χ2v) is 9.44. The van der Waals surface area contributed by atoms with Gasteiger partial charge in [-0.05, 0) is 44.5 Å². The minimum absolute atomic E-state index is 0.0240. The molecule has 1 aromatic rings. The first-order chi connectivity index (χ1) is 8.67. The van der Waals surface area contributed by atoms with Crippen LogP contribution in [-0.2, 0) is 15.2 Å². The van der Waals surface area contributed by atoms with Crippen molar-refractivity contribution in [3.05, 3.63) is 28.2 Å². The van der Waals surface area contributed by atoms with E-state index < -0.39 is 14.6 Å². The van der Waals surface area contributed by atoms with Crippen molar-refractivity contribution in [1.82, 2.24) is 0 Å². The first-order valence-electron chi connectivity index (χ1n) is 5.87. The molecule has 19 heavy (non-hydrogen) atoms. The third-order valence-corrected chi connectivity index (χ3v) is 6.66. The topological polar surface area (TPSA) is 43.4 Å². The van der Waals surface area contributed by atoms with Gasteiger partial charge in [0.2, 0.25) is 0 Å². The number of benzene rings is 1. The molecule has 0 amide bonds. The van der Waals surface area contributed by atoms with E-state index in [1.54, 1.807) is 20.8 Å². The quantitative estimate of drug-likeness (QED) is 0.686. The van der Waals surface area contributed by atoms with Gasteiger partial charge in [0.15, 0.2) is 9.84 Å². The molecule has 0 saturated carbocycles. The summed E-state index contributed by atoms with van der Waals surface area (Å²) in [6.45, 7) is 5.27. The highest BCUT2D eigenvalue weighted by Crippen LogP contribution is 2.24. The highest BCUT2D eigenvalue weighted by atomic mass is 79.9. The Kier molecular flexibility index (Phi) is 5.89. The lowest BCUT2D eigenvalue weighted by molar-refractivity contribution is 0.339. The highest BCUT2D eigenvalue weighted by Gasteiger charge is 2.28. The average Bonchev–Trinajstić information content (AvgIpc) is 2.29. The average molecular weight is 414 g/mol. The zero-order valence-corrected chi connectivity index (χ0v) is 15.2. The van der Waals surface area contributed by atoms with Crippen molar-refractivity contribution < 1.29 is 13.2 Å². The molecule has 0 aliphatic carbocycles. The summed E-state index contributed by atoms with van der Waals surface area (Å²) in [7, 11) is -3.14. The number of hydrogen-bond donors (Lipinski definition) is 0. The second kappa shape index (κ2) is 6.59. The molecule has 0 radical (unpaired) electrons. The van der Waals surface area contributed by atoms with E-state index >= 15 is 0 Å². The van der Waals surface area contributed by atoms with Gasteiger partial charge in [-0.25, -0.2) is 8.42 Å². The van der Waals surface area contributed by atoms with Gasteiger partial charge in [-0.1, -0.05) is 31.9 Å². The first kappa shape index (κ1) is 17.0. The zero-order valence-electron chi connectivity index (χ0n) is 11.2. The molecule has 0 aromatic heterocycles. The lowest BCUT2D eigenvalue weighted by atomic mass is 10.2. The van der Waals surface area contributed by atoms with Crippen molar-refractivity contribution in [1.29, 1.82) is 0 Å². The summed E-state index contributed by atoms with van der Waals surface area (Å²) in [4.78, 5) is 0. The van der Waals surface area contributed by atoms with E-state index in [0.717, 1.165) is 10.0 Å². The maximum absolute atomic E-state index is 11.9. The number of ether oxygens (including phenoxy) is 1. The summed E-state index contributed by atoms with van der Waals surface area (Å²) < 4.78 is 29.6. The highest BCUT2D eigenvalue weighted by molar-refractivity contribution is 9.10. The second-order valence-electron chi connectivity index (χ2n) is 5.17. The molecule has 0 spiro atoms. The van der Waals surface area contributed by atoms with Gasteiger partial charge in [0.05, 0.1) is 10.5 Å². The molecule has 6 heteroatoms. The third kappa shape index (κ3) is 4.76. The Balaban J connectivity index is 2.64. The van der Waals surface area contributed by atoms with E-state index in [4.69, 9.17) is 4.74 Å². The largest absolute Gasteiger partial charge is 0.493 e. The molecular weight excluding hydrogens is 396 g/mol. The molecule has 1 rings (SSSR count). The fourth-order valence-corrected chi connectivity index (χ4v) is 3.46. The Hall–Kier alpha value is -0.0700. The number of hydrogen-bond acceptors (Lipinski definition) is 3. The molecule has 0 N–H and O–H groups in total. The van der Waals surface area contributed by atoms with Gasteiger partial charge < -0.3 is 4.74 Å². The van der Waals surface area contributed by atoms with Gasteiger partial charge in [-0.15, -0.1) is 0 Å². The maximum Gasteiger partial charge on any atom is 0.158 e. The van der Waals surface area contributed by atoms with Crippen LogP contribution in [0.4, 0.5) is 0 Å². The van der Waals surface area contributed by atoms with Crippen LogP contribution in [0.5, 0.6) is 5.75 Å². The maximum atomic E-state index is 11.9. The minimum Gasteiger partial charge on any atom is -0.493 e. The first-order valence-corrected chi connectivity index (χ1v) is 9.43. The van der Waals surface area contributed by atoms with Gasteiger partial charge in [-0.2, -0.15) is 0 Å². The molecule has 0 bridgehead atoms. The van der Waals surface area contributed by atoms with Gasteiger partial charge >= 0.3 is 0 Å². The van der Waals surface area contributed by atoms with Gasteiger partial charge in [0, 0.05) is 9.80 Å². The van der Waals surface area contributed by atoms with Crippen molar-refractivity contribution >= 4 is 41.7 Å². The molecule has 0 heterocycles. The molecule has 0 fully saturated rings. The summed E-state index contributed by atoms with van der Waals surface area (Å²) in [5.74, 6) is 0.706. The predicted octanol–water partition coefficient (Wildman–Crippen LogP) is 3.94. The van der Waals surface area contributed by atoms with Crippen LogP contribution in [0.3, 0.4) is 0 Å². The van der Waals surface area contributed by atoms with E-state index in [-0.39, 0.29) is 12.4 Å². The molecule has 0 atom stereocenters. The third-order valence-electron chi connectivity index (χ3n) is 2.71. The summed E-state index contributed by atoms with van der Waals surface area (Å²) in [6, 6.07) is 5.60. The molecule has 0 saturated heterocycles. The number of halogens is 2.